The number of aromatic nitrogens is 1. The van der Waals surface area contributed by atoms with E-state index < -0.39 is 0 Å². The monoisotopic (exact) mass is 407 g/mol. The highest BCUT2D eigenvalue weighted by atomic mass is 16.5. The van der Waals surface area contributed by atoms with E-state index in [-0.39, 0.29) is 6.17 Å². The van der Waals surface area contributed by atoms with E-state index in [1.165, 1.54) is 0 Å². The number of nitriles is 1. The number of dihydropyridines is 1. The van der Waals surface area contributed by atoms with E-state index in [2.05, 4.69) is 38.0 Å². The summed E-state index contributed by atoms with van der Waals surface area (Å²) >= 11 is 0. The molecule has 3 aliphatic heterocycles. The molecular weight excluding hydrogens is 378 g/mol. The molecule has 1 unspecified atom stereocenters. The Kier molecular flexibility index (Phi) is 6.33. The van der Waals surface area contributed by atoms with E-state index >= 15 is 0 Å². The Balaban J connectivity index is 1.61. The number of allylic oxidation sites excluding steroid dienone is 1. The molecule has 1 aromatic rings. The minimum absolute atomic E-state index is 0.0221. The van der Waals surface area contributed by atoms with Gasteiger partial charge in [-0.05, 0) is 42.2 Å². The zero-order valence-corrected chi connectivity index (χ0v) is 17.4. The van der Waals surface area contributed by atoms with Crippen molar-refractivity contribution in [2.75, 3.05) is 51.8 Å². The predicted octanol–water partition coefficient (Wildman–Crippen LogP) is 0.902. The van der Waals surface area contributed by atoms with Gasteiger partial charge in [-0.1, -0.05) is 0 Å². The van der Waals surface area contributed by atoms with Gasteiger partial charge in [0.1, 0.15) is 17.9 Å². The van der Waals surface area contributed by atoms with Crippen molar-refractivity contribution in [2.45, 2.75) is 19.0 Å². The van der Waals surface area contributed by atoms with Crippen molar-refractivity contribution < 1.29 is 4.74 Å². The van der Waals surface area contributed by atoms with Gasteiger partial charge in [0, 0.05) is 50.2 Å². The molecule has 8 nitrogen and oxygen atoms in total. The molecule has 0 spiro atoms. The number of morpholine rings is 1. The molecule has 8 heteroatoms. The summed E-state index contributed by atoms with van der Waals surface area (Å²) in [5.74, 6) is 0. The highest BCUT2D eigenvalue weighted by Crippen LogP contribution is 2.40. The van der Waals surface area contributed by atoms with Crippen molar-refractivity contribution >= 4 is 11.3 Å². The van der Waals surface area contributed by atoms with Gasteiger partial charge in [0.15, 0.2) is 0 Å². The maximum absolute atomic E-state index is 9.70. The number of nitrogens with one attached hydrogen (secondary N) is 3. The summed E-state index contributed by atoms with van der Waals surface area (Å²) in [4.78, 5) is 6.84. The van der Waals surface area contributed by atoms with Gasteiger partial charge in [-0.25, -0.2) is 4.98 Å². The van der Waals surface area contributed by atoms with Crippen LogP contribution >= 0.6 is 0 Å². The number of hydrogen-bond donors (Lipinski definition) is 4. The van der Waals surface area contributed by atoms with Crippen LogP contribution in [0.15, 0.2) is 35.8 Å². The van der Waals surface area contributed by atoms with Gasteiger partial charge in [0.25, 0.3) is 0 Å². The fourth-order valence-electron chi connectivity index (χ4n) is 4.30. The third-order valence-corrected chi connectivity index (χ3v) is 5.82. The second-order valence-electron chi connectivity index (χ2n) is 7.65. The maximum Gasteiger partial charge on any atom is 0.144 e. The Hall–Kier alpha value is -2.86. The minimum atomic E-state index is -0.0221. The van der Waals surface area contributed by atoms with E-state index in [0.717, 1.165) is 79.2 Å². The minimum Gasteiger partial charge on any atom is -0.394 e. The lowest BCUT2D eigenvalue weighted by Crippen LogP contribution is -2.37. The van der Waals surface area contributed by atoms with Gasteiger partial charge in [-0.3, -0.25) is 4.90 Å². The molecule has 0 amide bonds. The number of fused-ring (bicyclic) bond motifs is 3. The van der Waals surface area contributed by atoms with Crippen LogP contribution in [0.25, 0.3) is 5.57 Å². The molecule has 0 radical (unpaired) electrons. The Morgan fingerprint density at radius 2 is 2.30 bits per heavy atom. The molecule has 0 aliphatic carbocycles. The largest absolute Gasteiger partial charge is 0.394 e. The summed E-state index contributed by atoms with van der Waals surface area (Å²) in [5.41, 5.74) is 12.8. The fourth-order valence-corrected chi connectivity index (χ4v) is 4.30. The highest BCUT2D eigenvalue weighted by Gasteiger charge is 2.32. The molecule has 3 aliphatic rings. The second kappa shape index (κ2) is 9.30. The normalized spacial score (nSPS) is 20.8. The van der Waals surface area contributed by atoms with Crippen LogP contribution in [0, 0.1) is 11.3 Å². The van der Waals surface area contributed by atoms with Gasteiger partial charge in [-0.15, -0.1) is 0 Å². The molecule has 5 N–H and O–H groups in total. The smallest absolute Gasteiger partial charge is 0.144 e. The molecular formula is C22H29N7O. The first-order valence-corrected chi connectivity index (χ1v) is 10.5. The van der Waals surface area contributed by atoms with E-state index in [4.69, 9.17) is 10.5 Å². The van der Waals surface area contributed by atoms with Crippen LogP contribution in [-0.2, 0) is 11.2 Å². The predicted molar refractivity (Wildman–Crippen MR) is 117 cm³/mol. The van der Waals surface area contributed by atoms with Crippen LogP contribution < -0.4 is 21.7 Å². The number of nitrogens with two attached hydrogens (primary N) is 1. The summed E-state index contributed by atoms with van der Waals surface area (Å²) < 4.78 is 5.44. The molecule has 1 atom stereocenters. The third-order valence-electron chi connectivity index (χ3n) is 5.82. The van der Waals surface area contributed by atoms with Crippen molar-refractivity contribution in [1.82, 2.24) is 20.5 Å². The zero-order chi connectivity index (χ0) is 20.9. The number of rotatable bonds is 7. The van der Waals surface area contributed by atoms with E-state index in [1.807, 2.05) is 19.4 Å². The quantitative estimate of drug-likeness (QED) is 0.528. The molecule has 1 aromatic heterocycles. The van der Waals surface area contributed by atoms with Crippen LogP contribution in [0.4, 0.5) is 5.69 Å². The topological polar surface area (TPSA) is 111 Å². The summed E-state index contributed by atoms with van der Waals surface area (Å²) in [6, 6.07) is 2.30. The number of nitrogens with zero attached hydrogens (tertiary/aromatic N) is 3. The Labute approximate surface area is 177 Å². The lowest BCUT2D eigenvalue weighted by atomic mass is 9.92. The summed E-state index contributed by atoms with van der Waals surface area (Å²) in [5, 5.41) is 19.7. The summed E-state index contributed by atoms with van der Waals surface area (Å²) in [6.07, 6.45) is 9.62. The van der Waals surface area contributed by atoms with Crippen molar-refractivity contribution in [3.05, 3.63) is 52.6 Å². The first-order chi connectivity index (χ1) is 14.7. The second-order valence-corrected chi connectivity index (χ2v) is 7.65. The van der Waals surface area contributed by atoms with Gasteiger partial charge >= 0.3 is 0 Å². The lowest BCUT2D eigenvalue weighted by molar-refractivity contribution is 0.0374. The molecule has 0 bridgehead atoms. The lowest BCUT2D eigenvalue weighted by Gasteiger charge is -2.26. The number of pyridine rings is 1. The van der Waals surface area contributed by atoms with Gasteiger partial charge in [0.2, 0.25) is 0 Å². The van der Waals surface area contributed by atoms with Crippen LogP contribution in [0.1, 0.15) is 23.2 Å². The van der Waals surface area contributed by atoms with E-state index in [1.54, 1.807) is 6.20 Å². The van der Waals surface area contributed by atoms with Gasteiger partial charge < -0.3 is 26.4 Å². The van der Waals surface area contributed by atoms with Gasteiger partial charge in [0.05, 0.1) is 25.1 Å². The van der Waals surface area contributed by atoms with Crippen molar-refractivity contribution in [3.63, 3.8) is 0 Å². The first kappa shape index (κ1) is 20.4. The van der Waals surface area contributed by atoms with Crippen LogP contribution in [0.2, 0.25) is 0 Å². The molecule has 30 heavy (non-hydrogen) atoms. The molecule has 1 saturated heterocycles. The SMILES string of the molecule is CN/C=C(\CN)C1=CNC2Nc3cnc(C#N)c(CCCN4CCOCC4)c3C2=C1. The van der Waals surface area contributed by atoms with Gasteiger partial charge in [-0.2, -0.15) is 5.26 Å². The van der Waals surface area contributed by atoms with Crippen LogP contribution in [-0.4, -0.2) is 62.5 Å². The Morgan fingerprint density at radius 3 is 3.03 bits per heavy atom. The molecule has 158 valence electrons. The maximum atomic E-state index is 9.70. The van der Waals surface area contributed by atoms with Crippen molar-refractivity contribution in [2.24, 2.45) is 5.73 Å². The Morgan fingerprint density at radius 1 is 1.47 bits per heavy atom. The van der Waals surface area contributed by atoms with Crippen LogP contribution in [0.3, 0.4) is 0 Å². The number of hydrogen-bond acceptors (Lipinski definition) is 8. The third kappa shape index (κ3) is 4.05. The molecule has 4 rings (SSSR count). The zero-order valence-electron chi connectivity index (χ0n) is 17.4. The fraction of sp³-hybridized carbons (Fsp3) is 0.455. The average molecular weight is 408 g/mol. The average Bonchev–Trinajstić information content (AvgIpc) is 3.16. The summed E-state index contributed by atoms with van der Waals surface area (Å²) in [7, 11) is 1.87. The van der Waals surface area contributed by atoms with E-state index in [0.29, 0.717) is 12.2 Å². The summed E-state index contributed by atoms with van der Waals surface area (Å²) in [6.45, 7) is 4.99. The number of anilines is 1. The molecule has 0 saturated carbocycles. The number of ether oxygens (including phenoxy) is 1. The first-order valence-electron chi connectivity index (χ1n) is 10.5. The molecule has 0 aromatic carbocycles. The van der Waals surface area contributed by atoms with Crippen molar-refractivity contribution in [1.29, 1.82) is 5.26 Å². The van der Waals surface area contributed by atoms with Crippen LogP contribution in [0.5, 0.6) is 0 Å². The van der Waals surface area contributed by atoms with Crippen molar-refractivity contribution in [3.8, 4) is 6.07 Å². The highest BCUT2D eigenvalue weighted by molar-refractivity contribution is 5.91. The van der Waals surface area contributed by atoms with E-state index in [9.17, 15) is 5.26 Å². The molecule has 4 heterocycles. The standard InChI is InChI=1S/C22H29N7O/c1-25-12-16(10-23)15-9-18-21-17(3-2-4-29-5-7-30-8-6-29)19(11-24)26-14-20(21)28-22(18)27-13-15/h9,12-14,22,25,27-28H,2-8,10,23H2,1H3/b16-12+. The Bertz CT molecular complexity index is 922. The molecule has 1 fully saturated rings.